The summed E-state index contributed by atoms with van der Waals surface area (Å²) < 4.78 is 24.1. The molecule has 0 aliphatic carbocycles. The molecule has 2 aromatic carbocycles. The number of aliphatic hydroxyl groups is 1. The van der Waals surface area contributed by atoms with Crippen LogP contribution in [0.4, 0.5) is 15.8 Å². The van der Waals surface area contributed by atoms with Gasteiger partial charge in [-0.1, -0.05) is 0 Å². The fourth-order valence-electron chi connectivity index (χ4n) is 2.81. The molecule has 7 heteroatoms. The fourth-order valence-corrected chi connectivity index (χ4v) is 2.81. The van der Waals surface area contributed by atoms with Crippen molar-refractivity contribution in [2.45, 2.75) is 12.5 Å². The molecule has 26 heavy (non-hydrogen) atoms. The molecule has 0 bridgehead atoms. The molecule has 138 valence electrons. The van der Waals surface area contributed by atoms with E-state index in [1.165, 1.54) is 12.1 Å². The van der Waals surface area contributed by atoms with Crippen LogP contribution in [0.1, 0.15) is 6.42 Å². The number of nitrogens with one attached hydrogen (secondary N) is 1. The summed E-state index contributed by atoms with van der Waals surface area (Å²) >= 11 is 0. The Morgan fingerprint density at radius 3 is 2.69 bits per heavy atom. The molecule has 0 saturated carbocycles. The van der Waals surface area contributed by atoms with Gasteiger partial charge in [-0.2, -0.15) is 0 Å². The van der Waals surface area contributed by atoms with Gasteiger partial charge < -0.3 is 24.8 Å². The Bertz CT molecular complexity index is 767. The van der Waals surface area contributed by atoms with E-state index in [1.54, 1.807) is 37.4 Å². The van der Waals surface area contributed by atoms with E-state index in [0.29, 0.717) is 23.7 Å². The SMILES string of the molecule is COc1ccc(OCC(O)CN2CCC(=O)Nc3cc(F)ccc32)cc1. The molecule has 0 radical (unpaired) electrons. The number of anilines is 2. The molecule has 1 unspecified atom stereocenters. The number of methoxy groups -OCH3 is 1. The summed E-state index contributed by atoms with van der Waals surface area (Å²) in [7, 11) is 1.59. The highest BCUT2D eigenvalue weighted by atomic mass is 19.1. The lowest BCUT2D eigenvalue weighted by molar-refractivity contribution is -0.116. The monoisotopic (exact) mass is 360 g/mol. The zero-order chi connectivity index (χ0) is 18.5. The average Bonchev–Trinajstić information content (AvgIpc) is 2.78. The number of amides is 1. The van der Waals surface area contributed by atoms with Crippen LogP contribution in [-0.4, -0.2) is 43.9 Å². The van der Waals surface area contributed by atoms with Crippen molar-refractivity contribution in [1.82, 2.24) is 0 Å². The fraction of sp³-hybridized carbons (Fsp3) is 0.316. The Morgan fingerprint density at radius 1 is 1.23 bits per heavy atom. The Balaban J connectivity index is 1.63. The number of hydrogen-bond acceptors (Lipinski definition) is 5. The van der Waals surface area contributed by atoms with Gasteiger partial charge in [0.25, 0.3) is 0 Å². The third-order valence-corrected chi connectivity index (χ3v) is 4.12. The van der Waals surface area contributed by atoms with Gasteiger partial charge in [0.2, 0.25) is 5.91 Å². The molecule has 6 nitrogen and oxygen atoms in total. The minimum atomic E-state index is -0.775. The highest BCUT2D eigenvalue weighted by Gasteiger charge is 2.22. The van der Waals surface area contributed by atoms with Crippen LogP contribution in [0, 0.1) is 5.82 Å². The van der Waals surface area contributed by atoms with Crippen molar-refractivity contribution < 1.29 is 23.8 Å². The van der Waals surface area contributed by atoms with Crippen molar-refractivity contribution in [1.29, 1.82) is 0 Å². The first kappa shape index (κ1) is 18.0. The summed E-state index contributed by atoms with van der Waals surface area (Å²) in [6.07, 6.45) is -0.509. The first-order valence-corrected chi connectivity index (χ1v) is 8.34. The van der Waals surface area contributed by atoms with E-state index < -0.39 is 11.9 Å². The molecule has 1 atom stereocenters. The third kappa shape index (κ3) is 4.43. The van der Waals surface area contributed by atoms with E-state index in [0.717, 1.165) is 5.75 Å². The second-order valence-electron chi connectivity index (χ2n) is 6.05. The Kier molecular flexibility index (Phi) is 5.58. The number of nitrogens with zero attached hydrogens (tertiary/aromatic N) is 1. The van der Waals surface area contributed by atoms with E-state index in [2.05, 4.69) is 5.32 Å². The van der Waals surface area contributed by atoms with Gasteiger partial charge in [0.15, 0.2) is 0 Å². The van der Waals surface area contributed by atoms with E-state index in [-0.39, 0.29) is 25.5 Å². The summed E-state index contributed by atoms with van der Waals surface area (Å²) in [5.74, 6) is 0.751. The van der Waals surface area contributed by atoms with Crippen LogP contribution in [0.2, 0.25) is 0 Å². The minimum absolute atomic E-state index is 0.0979. The number of hydrogen-bond donors (Lipinski definition) is 2. The van der Waals surface area contributed by atoms with Crippen LogP contribution in [0.3, 0.4) is 0 Å². The number of β-amino-alcohol motifs (C(OH)–C–C–N with tert-alkyl or cyclic N) is 1. The van der Waals surface area contributed by atoms with Crippen LogP contribution in [0.25, 0.3) is 0 Å². The van der Waals surface area contributed by atoms with Crippen molar-refractivity contribution in [2.24, 2.45) is 0 Å². The first-order valence-electron chi connectivity index (χ1n) is 8.34. The maximum absolute atomic E-state index is 13.5. The summed E-state index contributed by atoms with van der Waals surface area (Å²) in [5.41, 5.74) is 1.09. The van der Waals surface area contributed by atoms with Crippen LogP contribution in [0.15, 0.2) is 42.5 Å². The number of ether oxygens (including phenoxy) is 2. The number of halogens is 1. The predicted molar refractivity (Wildman–Crippen MR) is 96.4 cm³/mol. The molecule has 0 fully saturated rings. The van der Waals surface area contributed by atoms with Crippen molar-refractivity contribution in [3.8, 4) is 11.5 Å². The molecule has 2 aromatic rings. The summed E-state index contributed by atoms with van der Waals surface area (Å²) in [6, 6.07) is 11.3. The molecule has 1 aliphatic rings. The topological polar surface area (TPSA) is 71.0 Å². The summed E-state index contributed by atoms with van der Waals surface area (Å²) in [6.45, 7) is 0.800. The lowest BCUT2D eigenvalue weighted by atomic mass is 10.2. The maximum Gasteiger partial charge on any atom is 0.226 e. The first-order chi connectivity index (χ1) is 12.5. The maximum atomic E-state index is 13.5. The minimum Gasteiger partial charge on any atom is -0.497 e. The van der Waals surface area contributed by atoms with Crippen molar-refractivity contribution in [3.63, 3.8) is 0 Å². The Labute approximate surface area is 151 Å². The number of benzene rings is 2. The van der Waals surface area contributed by atoms with Crippen molar-refractivity contribution >= 4 is 17.3 Å². The predicted octanol–water partition coefficient (Wildman–Crippen LogP) is 2.42. The number of carbonyl (C=O) groups is 1. The molecule has 0 aromatic heterocycles. The lowest BCUT2D eigenvalue weighted by Crippen LogP contribution is -2.36. The normalized spacial score (nSPS) is 14.9. The molecule has 1 amide bonds. The highest BCUT2D eigenvalue weighted by Crippen LogP contribution is 2.29. The van der Waals surface area contributed by atoms with Gasteiger partial charge in [0.05, 0.1) is 18.5 Å². The second kappa shape index (κ2) is 8.05. The second-order valence-corrected chi connectivity index (χ2v) is 6.05. The summed E-state index contributed by atoms with van der Waals surface area (Å²) in [5, 5.41) is 13.0. The van der Waals surface area contributed by atoms with Crippen LogP contribution < -0.4 is 19.7 Å². The molecule has 2 N–H and O–H groups in total. The number of rotatable bonds is 6. The molecule has 0 spiro atoms. The van der Waals surface area contributed by atoms with Gasteiger partial charge in [-0.05, 0) is 42.5 Å². The van der Waals surface area contributed by atoms with Gasteiger partial charge in [0.1, 0.15) is 30.0 Å². The van der Waals surface area contributed by atoms with Crippen LogP contribution >= 0.6 is 0 Å². The van der Waals surface area contributed by atoms with Gasteiger partial charge in [0, 0.05) is 19.5 Å². The molecule has 0 saturated heterocycles. The van der Waals surface area contributed by atoms with Gasteiger partial charge in [-0.15, -0.1) is 0 Å². The number of carbonyl (C=O) groups excluding carboxylic acids is 1. The van der Waals surface area contributed by atoms with Gasteiger partial charge >= 0.3 is 0 Å². The van der Waals surface area contributed by atoms with E-state index in [9.17, 15) is 14.3 Å². The smallest absolute Gasteiger partial charge is 0.226 e. The third-order valence-electron chi connectivity index (χ3n) is 4.12. The quantitative estimate of drug-likeness (QED) is 0.828. The van der Waals surface area contributed by atoms with Gasteiger partial charge in [-0.25, -0.2) is 4.39 Å². The molecular formula is C19H21FN2O4. The van der Waals surface area contributed by atoms with E-state index >= 15 is 0 Å². The number of aliphatic hydroxyl groups excluding tert-OH is 1. The zero-order valence-electron chi connectivity index (χ0n) is 14.4. The zero-order valence-corrected chi connectivity index (χ0v) is 14.4. The Hall–Kier alpha value is -2.80. The molecule has 1 aliphatic heterocycles. The largest absolute Gasteiger partial charge is 0.497 e. The van der Waals surface area contributed by atoms with Crippen LogP contribution in [-0.2, 0) is 4.79 Å². The highest BCUT2D eigenvalue weighted by molar-refractivity contribution is 5.96. The standard InChI is InChI=1S/C19H21FN2O4/c1-25-15-3-5-16(6-4-15)26-12-14(23)11-22-9-8-19(24)21-17-10-13(20)2-7-18(17)22/h2-7,10,14,23H,8-9,11-12H2,1H3,(H,21,24). The van der Waals surface area contributed by atoms with Crippen molar-refractivity contribution in [3.05, 3.63) is 48.3 Å². The Morgan fingerprint density at radius 2 is 1.96 bits per heavy atom. The lowest BCUT2D eigenvalue weighted by Gasteiger charge is -2.26. The van der Waals surface area contributed by atoms with Crippen molar-refractivity contribution in [2.75, 3.05) is 37.0 Å². The van der Waals surface area contributed by atoms with E-state index in [1.807, 2.05) is 4.90 Å². The molecule has 1 heterocycles. The number of fused-ring (bicyclic) bond motifs is 1. The van der Waals surface area contributed by atoms with Crippen LogP contribution in [0.5, 0.6) is 11.5 Å². The summed E-state index contributed by atoms with van der Waals surface area (Å²) in [4.78, 5) is 13.6. The van der Waals surface area contributed by atoms with Gasteiger partial charge in [-0.3, -0.25) is 4.79 Å². The molecular weight excluding hydrogens is 339 g/mol. The van der Waals surface area contributed by atoms with E-state index in [4.69, 9.17) is 9.47 Å². The molecule has 3 rings (SSSR count). The average molecular weight is 360 g/mol.